The highest BCUT2D eigenvalue weighted by atomic mass is 32.2. The summed E-state index contributed by atoms with van der Waals surface area (Å²) in [5.41, 5.74) is 1.09. The summed E-state index contributed by atoms with van der Waals surface area (Å²) in [4.78, 5) is 4.53. The second kappa shape index (κ2) is 8.92. The van der Waals surface area contributed by atoms with Crippen LogP contribution in [0.3, 0.4) is 0 Å². The van der Waals surface area contributed by atoms with Gasteiger partial charge >= 0.3 is 0 Å². The van der Waals surface area contributed by atoms with Crippen LogP contribution in [-0.4, -0.2) is 31.7 Å². The molecule has 1 heterocycles. The molecule has 1 aromatic heterocycles. The van der Waals surface area contributed by atoms with Gasteiger partial charge in [0.05, 0.1) is 11.0 Å². The van der Waals surface area contributed by atoms with Gasteiger partial charge < -0.3 is 9.47 Å². The molecule has 28 heavy (non-hydrogen) atoms. The highest BCUT2D eigenvalue weighted by molar-refractivity contribution is 7.89. The molecule has 1 aliphatic rings. The zero-order chi connectivity index (χ0) is 20.1. The van der Waals surface area contributed by atoms with Crippen LogP contribution in [0, 0.1) is 6.92 Å². The van der Waals surface area contributed by atoms with Gasteiger partial charge in [0, 0.05) is 18.3 Å². The summed E-state index contributed by atoms with van der Waals surface area (Å²) in [6, 6.07) is 10.3. The third-order valence-corrected chi connectivity index (χ3v) is 6.21. The fraction of sp³-hybridized carbons (Fsp3) is 0.476. The topological polar surface area (TPSA) is 77.5 Å². The highest BCUT2D eigenvalue weighted by Crippen LogP contribution is 2.25. The number of hydrogen-bond acceptors (Lipinski definition) is 5. The largest absolute Gasteiger partial charge is 0.491 e. The molecule has 7 heteroatoms. The van der Waals surface area contributed by atoms with Crippen LogP contribution in [0.5, 0.6) is 11.6 Å². The lowest BCUT2D eigenvalue weighted by Gasteiger charge is -2.29. The van der Waals surface area contributed by atoms with E-state index in [4.69, 9.17) is 9.47 Å². The Labute approximate surface area is 167 Å². The van der Waals surface area contributed by atoms with Crippen LogP contribution >= 0.6 is 0 Å². The lowest BCUT2D eigenvalue weighted by molar-refractivity contribution is 0.138. The lowest BCUT2D eigenvalue weighted by atomic mass is 9.94. The maximum absolute atomic E-state index is 12.6. The Kier molecular flexibility index (Phi) is 6.57. The second-order valence-electron chi connectivity index (χ2n) is 7.52. The fourth-order valence-corrected chi connectivity index (χ4v) is 4.56. The minimum Gasteiger partial charge on any atom is -0.491 e. The van der Waals surface area contributed by atoms with Crippen molar-refractivity contribution in [2.45, 2.75) is 69.6 Å². The van der Waals surface area contributed by atoms with Gasteiger partial charge in [-0.3, -0.25) is 0 Å². The van der Waals surface area contributed by atoms with Gasteiger partial charge in [-0.15, -0.1) is 0 Å². The summed E-state index contributed by atoms with van der Waals surface area (Å²) in [6.07, 6.45) is 4.98. The van der Waals surface area contributed by atoms with E-state index in [1.54, 1.807) is 30.5 Å². The molecule has 1 aliphatic carbocycles. The Morgan fingerprint density at radius 3 is 2.29 bits per heavy atom. The summed E-state index contributed by atoms with van der Waals surface area (Å²) in [7, 11) is -3.54. The number of nitrogens with one attached hydrogen (secondary N) is 1. The summed E-state index contributed by atoms with van der Waals surface area (Å²) < 4.78 is 39.6. The predicted octanol–water partition coefficient (Wildman–Crippen LogP) is 3.85. The molecule has 0 unspecified atom stereocenters. The Morgan fingerprint density at radius 1 is 1.04 bits per heavy atom. The van der Waals surface area contributed by atoms with Crippen LogP contribution in [0.2, 0.25) is 0 Å². The van der Waals surface area contributed by atoms with E-state index in [0.29, 0.717) is 11.6 Å². The van der Waals surface area contributed by atoms with Crippen LogP contribution in [0.15, 0.2) is 47.5 Å². The van der Waals surface area contributed by atoms with Crippen molar-refractivity contribution in [3.63, 3.8) is 0 Å². The SMILES string of the molecule is Cc1ccc(OC2CCC(NS(=O)(=O)c3ccc(OC(C)C)cc3)CC2)nc1. The van der Waals surface area contributed by atoms with Crippen LogP contribution in [0.4, 0.5) is 0 Å². The minimum atomic E-state index is -3.54. The number of sulfonamides is 1. The molecular weight excluding hydrogens is 376 g/mol. The van der Waals surface area contributed by atoms with Crippen molar-refractivity contribution in [3.8, 4) is 11.6 Å². The average molecular weight is 405 g/mol. The maximum atomic E-state index is 12.6. The van der Waals surface area contributed by atoms with Gasteiger partial charge in [0.25, 0.3) is 0 Å². The molecule has 1 N–H and O–H groups in total. The van der Waals surface area contributed by atoms with E-state index in [-0.39, 0.29) is 23.1 Å². The molecule has 0 spiro atoms. The van der Waals surface area contributed by atoms with Crippen molar-refractivity contribution in [2.75, 3.05) is 0 Å². The van der Waals surface area contributed by atoms with E-state index in [1.165, 1.54) is 0 Å². The number of aryl methyl sites for hydroxylation is 1. The van der Waals surface area contributed by atoms with Gasteiger partial charge in [0.2, 0.25) is 15.9 Å². The lowest BCUT2D eigenvalue weighted by Crippen LogP contribution is -2.39. The molecule has 1 fully saturated rings. The van der Waals surface area contributed by atoms with Crippen molar-refractivity contribution in [1.82, 2.24) is 9.71 Å². The van der Waals surface area contributed by atoms with Crippen LogP contribution < -0.4 is 14.2 Å². The van der Waals surface area contributed by atoms with Gasteiger partial charge in [-0.2, -0.15) is 0 Å². The number of benzene rings is 1. The molecule has 1 saturated carbocycles. The van der Waals surface area contributed by atoms with Crippen LogP contribution in [0.25, 0.3) is 0 Å². The van der Waals surface area contributed by atoms with Crippen molar-refractivity contribution in [1.29, 1.82) is 0 Å². The predicted molar refractivity (Wildman–Crippen MR) is 108 cm³/mol. The molecule has 1 aromatic carbocycles. The first-order valence-corrected chi connectivity index (χ1v) is 11.2. The quantitative estimate of drug-likeness (QED) is 0.758. The number of ether oxygens (including phenoxy) is 2. The summed E-state index contributed by atoms with van der Waals surface area (Å²) in [5, 5.41) is 0. The average Bonchev–Trinajstić information content (AvgIpc) is 2.65. The number of rotatable bonds is 7. The van der Waals surface area contributed by atoms with Gasteiger partial charge in [-0.05, 0) is 76.3 Å². The number of hydrogen-bond donors (Lipinski definition) is 1. The van der Waals surface area contributed by atoms with Crippen LogP contribution in [-0.2, 0) is 10.0 Å². The molecule has 0 atom stereocenters. The zero-order valence-electron chi connectivity index (χ0n) is 16.6. The molecule has 0 amide bonds. The van der Waals surface area contributed by atoms with Crippen molar-refractivity contribution >= 4 is 10.0 Å². The van der Waals surface area contributed by atoms with Gasteiger partial charge in [-0.1, -0.05) is 6.07 Å². The normalized spacial score (nSPS) is 20.1. The van der Waals surface area contributed by atoms with E-state index < -0.39 is 10.0 Å². The molecule has 0 saturated heterocycles. The van der Waals surface area contributed by atoms with Gasteiger partial charge in [0.1, 0.15) is 11.9 Å². The van der Waals surface area contributed by atoms with E-state index in [9.17, 15) is 8.42 Å². The molecule has 2 aromatic rings. The smallest absolute Gasteiger partial charge is 0.240 e. The number of nitrogens with zero attached hydrogens (tertiary/aromatic N) is 1. The summed E-state index contributed by atoms with van der Waals surface area (Å²) in [6.45, 7) is 5.85. The monoisotopic (exact) mass is 404 g/mol. The summed E-state index contributed by atoms with van der Waals surface area (Å²) in [5.74, 6) is 1.29. The number of aromatic nitrogens is 1. The van der Waals surface area contributed by atoms with Gasteiger partial charge in [-0.25, -0.2) is 18.1 Å². The maximum Gasteiger partial charge on any atom is 0.240 e. The molecule has 6 nitrogen and oxygen atoms in total. The summed E-state index contributed by atoms with van der Waals surface area (Å²) >= 11 is 0. The standard InChI is InChI=1S/C21H28N2O4S/c1-15(2)26-18-9-11-20(12-10-18)28(24,25)23-17-5-7-19(8-6-17)27-21-13-4-16(3)14-22-21/h4,9-15,17,19,23H,5-8H2,1-3H3. The van der Waals surface area contributed by atoms with Crippen LogP contribution in [0.1, 0.15) is 45.1 Å². The van der Waals surface area contributed by atoms with E-state index in [2.05, 4.69) is 9.71 Å². The Hall–Kier alpha value is -2.12. The first-order chi connectivity index (χ1) is 13.3. The first-order valence-electron chi connectivity index (χ1n) is 9.70. The Balaban J connectivity index is 1.52. The van der Waals surface area contributed by atoms with E-state index >= 15 is 0 Å². The molecular formula is C21H28N2O4S. The molecule has 0 bridgehead atoms. The molecule has 0 radical (unpaired) electrons. The second-order valence-corrected chi connectivity index (χ2v) is 9.24. The van der Waals surface area contributed by atoms with E-state index in [0.717, 1.165) is 31.2 Å². The number of pyridine rings is 1. The van der Waals surface area contributed by atoms with Gasteiger partial charge in [0.15, 0.2) is 0 Å². The fourth-order valence-electron chi connectivity index (χ4n) is 3.25. The van der Waals surface area contributed by atoms with Crippen molar-refractivity contribution in [2.24, 2.45) is 0 Å². The Morgan fingerprint density at radius 2 is 1.71 bits per heavy atom. The van der Waals surface area contributed by atoms with E-state index in [1.807, 2.05) is 32.9 Å². The first kappa shape index (κ1) is 20.6. The van der Waals surface area contributed by atoms with Crippen molar-refractivity contribution in [3.05, 3.63) is 48.2 Å². The zero-order valence-corrected chi connectivity index (χ0v) is 17.4. The third-order valence-electron chi connectivity index (χ3n) is 4.67. The molecule has 152 valence electrons. The molecule has 0 aliphatic heterocycles. The highest BCUT2D eigenvalue weighted by Gasteiger charge is 2.27. The van der Waals surface area contributed by atoms with Crippen molar-refractivity contribution < 1.29 is 17.9 Å². The minimum absolute atomic E-state index is 0.0492. The molecule has 3 rings (SSSR count). The Bertz CT molecular complexity index is 856. The third kappa shape index (κ3) is 5.69.